The first-order valence-electron chi connectivity index (χ1n) is 7.78. The molecule has 2 aromatic carbocycles. The van der Waals surface area contributed by atoms with E-state index in [-0.39, 0.29) is 22.9 Å². The van der Waals surface area contributed by atoms with Gasteiger partial charge in [-0.25, -0.2) is 0 Å². The van der Waals surface area contributed by atoms with E-state index in [2.05, 4.69) is 20.9 Å². The highest BCUT2D eigenvalue weighted by atomic mass is 32.1. The Labute approximate surface area is 154 Å². The van der Waals surface area contributed by atoms with E-state index in [1.54, 1.807) is 30.3 Å². The molecule has 1 heterocycles. The van der Waals surface area contributed by atoms with E-state index < -0.39 is 0 Å². The summed E-state index contributed by atoms with van der Waals surface area (Å²) in [6.07, 6.45) is 0. The SMILES string of the molecule is CC(=O)Nc1ccc2nc(NC(=S)NC(=O)c3ccc(C)cc3)oc2c1. The van der Waals surface area contributed by atoms with Crippen molar-refractivity contribution < 1.29 is 14.0 Å². The normalized spacial score (nSPS) is 10.4. The summed E-state index contributed by atoms with van der Waals surface area (Å²) in [7, 11) is 0. The maximum Gasteiger partial charge on any atom is 0.302 e. The molecule has 8 heteroatoms. The van der Waals surface area contributed by atoms with Crippen LogP contribution in [0.5, 0.6) is 0 Å². The molecule has 0 fully saturated rings. The van der Waals surface area contributed by atoms with Crippen LogP contribution in [0.4, 0.5) is 11.7 Å². The largest absolute Gasteiger partial charge is 0.423 e. The highest BCUT2D eigenvalue weighted by molar-refractivity contribution is 7.80. The second-order valence-corrected chi connectivity index (χ2v) is 6.07. The molecule has 0 aliphatic rings. The number of aryl methyl sites for hydroxylation is 1. The summed E-state index contributed by atoms with van der Waals surface area (Å²) in [6, 6.07) is 12.4. The van der Waals surface area contributed by atoms with Gasteiger partial charge in [0.15, 0.2) is 10.7 Å². The fourth-order valence-electron chi connectivity index (χ4n) is 2.27. The molecule has 3 rings (SSSR count). The number of oxazole rings is 1. The van der Waals surface area contributed by atoms with Crippen molar-refractivity contribution in [1.82, 2.24) is 10.3 Å². The van der Waals surface area contributed by atoms with Gasteiger partial charge in [0.1, 0.15) is 5.52 Å². The summed E-state index contributed by atoms with van der Waals surface area (Å²) in [4.78, 5) is 27.5. The molecule has 132 valence electrons. The number of thiocarbonyl (C=S) groups is 1. The minimum atomic E-state index is -0.327. The molecule has 0 unspecified atom stereocenters. The van der Waals surface area contributed by atoms with Crippen molar-refractivity contribution in [2.75, 3.05) is 10.6 Å². The Morgan fingerprint density at radius 3 is 2.50 bits per heavy atom. The Balaban J connectivity index is 1.67. The van der Waals surface area contributed by atoms with Crippen LogP contribution in [0.15, 0.2) is 46.9 Å². The number of benzene rings is 2. The molecule has 0 aliphatic carbocycles. The minimum absolute atomic E-state index is 0.0733. The molecule has 3 N–H and O–H groups in total. The predicted octanol–water partition coefficient (Wildman–Crippen LogP) is 3.22. The zero-order valence-corrected chi connectivity index (χ0v) is 14.9. The fraction of sp³-hybridized carbons (Fsp3) is 0.111. The van der Waals surface area contributed by atoms with Gasteiger partial charge in [-0.15, -0.1) is 0 Å². The number of nitrogens with one attached hydrogen (secondary N) is 3. The smallest absolute Gasteiger partial charge is 0.302 e. The summed E-state index contributed by atoms with van der Waals surface area (Å²) in [5.74, 6) is -0.506. The summed E-state index contributed by atoms with van der Waals surface area (Å²) >= 11 is 5.13. The lowest BCUT2D eigenvalue weighted by Crippen LogP contribution is -2.34. The van der Waals surface area contributed by atoms with Crippen molar-refractivity contribution in [3.63, 3.8) is 0 Å². The number of carbonyl (C=O) groups excluding carboxylic acids is 2. The van der Waals surface area contributed by atoms with Crippen LogP contribution >= 0.6 is 12.2 Å². The van der Waals surface area contributed by atoms with Crippen LogP contribution in [0.25, 0.3) is 11.1 Å². The molecule has 1 aromatic heterocycles. The van der Waals surface area contributed by atoms with Crippen molar-refractivity contribution in [3.8, 4) is 0 Å². The van der Waals surface area contributed by atoms with E-state index in [0.29, 0.717) is 22.4 Å². The van der Waals surface area contributed by atoms with Gasteiger partial charge >= 0.3 is 6.01 Å². The van der Waals surface area contributed by atoms with E-state index in [0.717, 1.165) is 5.56 Å². The number of anilines is 2. The first-order chi connectivity index (χ1) is 12.4. The molecular weight excluding hydrogens is 352 g/mol. The van der Waals surface area contributed by atoms with Crippen LogP contribution in [0, 0.1) is 6.92 Å². The van der Waals surface area contributed by atoms with Gasteiger partial charge in [0.05, 0.1) is 0 Å². The third kappa shape index (κ3) is 4.22. The zero-order chi connectivity index (χ0) is 18.7. The molecule has 0 atom stereocenters. The standard InChI is InChI=1S/C18H16N4O3S/c1-10-3-5-12(6-4-10)16(24)21-18(26)22-17-20-14-8-7-13(19-11(2)23)9-15(14)25-17/h3-9H,1-2H3,(H,19,23)(H2,20,21,22,24,26). The lowest BCUT2D eigenvalue weighted by molar-refractivity contribution is -0.114. The molecule has 2 amide bonds. The van der Waals surface area contributed by atoms with E-state index in [1.807, 2.05) is 19.1 Å². The van der Waals surface area contributed by atoms with Gasteiger partial charge in [0.2, 0.25) is 5.91 Å². The number of fused-ring (bicyclic) bond motifs is 1. The predicted molar refractivity (Wildman–Crippen MR) is 103 cm³/mol. The topological polar surface area (TPSA) is 96.3 Å². The van der Waals surface area contributed by atoms with Crippen molar-refractivity contribution in [2.45, 2.75) is 13.8 Å². The van der Waals surface area contributed by atoms with Gasteiger partial charge in [-0.1, -0.05) is 17.7 Å². The Bertz CT molecular complexity index is 995. The number of nitrogens with zero attached hydrogens (tertiary/aromatic N) is 1. The van der Waals surface area contributed by atoms with Gasteiger partial charge < -0.3 is 9.73 Å². The first-order valence-corrected chi connectivity index (χ1v) is 8.19. The average molecular weight is 368 g/mol. The van der Waals surface area contributed by atoms with Crippen LogP contribution in [-0.4, -0.2) is 21.9 Å². The van der Waals surface area contributed by atoms with Gasteiger partial charge in [-0.3, -0.25) is 20.2 Å². The van der Waals surface area contributed by atoms with Crippen LogP contribution < -0.4 is 16.0 Å². The Kier molecular flexibility index (Phi) is 4.94. The fourth-order valence-corrected chi connectivity index (χ4v) is 2.45. The lowest BCUT2D eigenvalue weighted by atomic mass is 10.1. The zero-order valence-electron chi connectivity index (χ0n) is 14.1. The van der Waals surface area contributed by atoms with Crippen LogP contribution in [-0.2, 0) is 4.79 Å². The summed E-state index contributed by atoms with van der Waals surface area (Å²) < 4.78 is 5.55. The molecule has 3 aromatic rings. The van der Waals surface area contributed by atoms with Crippen LogP contribution in [0.2, 0.25) is 0 Å². The van der Waals surface area contributed by atoms with Gasteiger partial charge in [0, 0.05) is 24.2 Å². The Hall–Kier alpha value is -3.26. The van der Waals surface area contributed by atoms with Gasteiger partial charge in [-0.05, 0) is 43.4 Å². The number of amides is 2. The summed E-state index contributed by atoms with van der Waals surface area (Å²) in [6.45, 7) is 3.37. The van der Waals surface area contributed by atoms with Crippen molar-refractivity contribution in [1.29, 1.82) is 0 Å². The van der Waals surface area contributed by atoms with E-state index in [9.17, 15) is 9.59 Å². The Morgan fingerprint density at radius 1 is 1.08 bits per heavy atom. The summed E-state index contributed by atoms with van der Waals surface area (Å²) in [5, 5.41) is 8.05. The highest BCUT2D eigenvalue weighted by Crippen LogP contribution is 2.22. The average Bonchev–Trinajstić information content (AvgIpc) is 2.96. The highest BCUT2D eigenvalue weighted by Gasteiger charge is 2.11. The molecule has 0 bridgehead atoms. The second kappa shape index (κ2) is 7.32. The van der Waals surface area contributed by atoms with E-state index in [1.165, 1.54) is 6.92 Å². The van der Waals surface area contributed by atoms with Crippen molar-refractivity contribution >= 4 is 51.9 Å². The number of hydrogen-bond donors (Lipinski definition) is 3. The molecule has 0 saturated heterocycles. The third-order valence-corrected chi connectivity index (χ3v) is 3.67. The molecule has 0 aliphatic heterocycles. The van der Waals surface area contributed by atoms with E-state index in [4.69, 9.17) is 16.6 Å². The number of carbonyl (C=O) groups is 2. The third-order valence-electron chi connectivity index (χ3n) is 3.47. The molecule has 0 radical (unpaired) electrons. The monoisotopic (exact) mass is 368 g/mol. The van der Waals surface area contributed by atoms with E-state index >= 15 is 0 Å². The maximum absolute atomic E-state index is 12.1. The van der Waals surface area contributed by atoms with Crippen molar-refractivity contribution in [2.24, 2.45) is 0 Å². The first kappa shape index (κ1) is 17.6. The molecule has 26 heavy (non-hydrogen) atoms. The molecular formula is C18H16N4O3S. The van der Waals surface area contributed by atoms with Gasteiger partial charge in [-0.2, -0.15) is 4.98 Å². The molecule has 0 saturated carbocycles. The number of aromatic nitrogens is 1. The summed E-state index contributed by atoms with van der Waals surface area (Å²) in [5.41, 5.74) is 3.23. The second-order valence-electron chi connectivity index (χ2n) is 5.66. The van der Waals surface area contributed by atoms with Crippen molar-refractivity contribution in [3.05, 3.63) is 53.6 Å². The number of hydrogen-bond acceptors (Lipinski definition) is 5. The Morgan fingerprint density at radius 2 is 1.81 bits per heavy atom. The quantitative estimate of drug-likeness (QED) is 0.614. The van der Waals surface area contributed by atoms with Gasteiger partial charge in [0.25, 0.3) is 5.91 Å². The minimum Gasteiger partial charge on any atom is -0.423 e. The molecule has 0 spiro atoms. The molecule has 7 nitrogen and oxygen atoms in total. The maximum atomic E-state index is 12.1. The lowest BCUT2D eigenvalue weighted by Gasteiger charge is -2.06. The van der Waals surface area contributed by atoms with Crippen LogP contribution in [0.1, 0.15) is 22.8 Å². The van der Waals surface area contributed by atoms with Crippen LogP contribution in [0.3, 0.4) is 0 Å². The number of rotatable bonds is 3.